The second kappa shape index (κ2) is 12.4. The Labute approximate surface area is 264 Å². The molecule has 0 unspecified atom stereocenters. The summed E-state index contributed by atoms with van der Waals surface area (Å²) in [7, 11) is 0. The third-order valence-electron chi connectivity index (χ3n) is 9.20. The van der Waals surface area contributed by atoms with Crippen LogP contribution in [0.4, 0.5) is 4.79 Å². The van der Waals surface area contributed by atoms with Gasteiger partial charge in [0.15, 0.2) is 0 Å². The molecule has 0 saturated carbocycles. The Morgan fingerprint density at radius 1 is 1.07 bits per heavy atom. The van der Waals surface area contributed by atoms with Crippen molar-refractivity contribution in [1.82, 2.24) is 9.55 Å². The second-order valence-electron chi connectivity index (χ2n) is 12.6. The van der Waals surface area contributed by atoms with Crippen molar-refractivity contribution in [3.05, 3.63) is 98.8 Å². The fourth-order valence-corrected chi connectivity index (χ4v) is 11.4. The molecule has 2 aromatic heterocycles. The molecule has 1 atom stereocenters. The molecule has 0 amide bonds. The van der Waals surface area contributed by atoms with E-state index in [2.05, 4.69) is 17.6 Å². The molecule has 0 aliphatic carbocycles. The molecule has 234 valence electrons. The van der Waals surface area contributed by atoms with Crippen molar-refractivity contribution >= 4 is 36.3 Å². The zero-order chi connectivity index (χ0) is 31.8. The van der Waals surface area contributed by atoms with Crippen LogP contribution >= 0.6 is 0 Å². The first-order valence-corrected chi connectivity index (χ1v) is 22.7. The maximum absolute atomic E-state index is 14.1. The first-order chi connectivity index (χ1) is 21.7. The molecule has 1 N–H and O–H groups in total. The minimum absolute atomic E-state index is 0.0258. The van der Waals surface area contributed by atoms with Gasteiger partial charge in [0.2, 0.25) is 0 Å². The summed E-state index contributed by atoms with van der Waals surface area (Å²) in [6, 6.07) is 19.0. The second-order valence-corrected chi connectivity index (χ2v) is 23.8. The number of cyclic esters (lactones) is 1. The van der Waals surface area contributed by atoms with Gasteiger partial charge < -0.3 is 0 Å². The first-order valence-electron chi connectivity index (χ1n) is 15.5. The quantitative estimate of drug-likeness (QED) is 0.141. The van der Waals surface area contributed by atoms with Crippen LogP contribution < -0.4 is 5.56 Å². The van der Waals surface area contributed by atoms with Gasteiger partial charge in [-0.3, -0.25) is 0 Å². The molecule has 0 radical (unpaired) electrons. The van der Waals surface area contributed by atoms with Gasteiger partial charge in [0.1, 0.15) is 6.61 Å². The summed E-state index contributed by atoms with van der Waals surface area (Å²) in [5.41, 5.74) is 3.59. The number of nitrogens with zero attached hydrogens (tertiary/aromatic N) is 2. The molecule has 4 aromatic rings. The molecule has 0 spiro atoms. The molecule has 2 aromatic carbocycles. The Hall–Kier alpha value is -3.96. The number of hydrogen-bond acceptors (Lipinski definition) is 8. The van der Waals surface area contributed by atoms with E-state index in [1.807, 2.05) is 48.5 Å². The van der Waals surface area contributed by atoms with Crippen LogP contribution in [0.25, 0.3) is 22.3 Å². The third kappa shape index (κ3) is 5.79. The molecule has 45 heavy (non-hydrogen) atoms. The average molecular weight is 671 g/mol. The number of fused-ring (bicyclic) bond motifs is 5. The van der Waals surface area contributed by atoms with Crippen LogP contribution in [0.5, 0.6) is 0 Å². The average Bonchev–Trinajstić information content (AvgIpc) is 3.41. The van der Waals surface area contributed by atoms with E-state index >= 15 is 0 Å². The number of esters is 1. The van der Waals surface area contributed by atoms with Gasteiger partial charge in [-0.05, 0) is 5.56 Å². The monoisotopic (exact) mass is 672 g/mol. The Bertz CT molecular complexity index is 1840. The van der Waals surface area contributed by atoms with Crippen LogP contribution in [0, 0.1) is 0 Å². The number of aryl methyl sites for hydroxylation is 1. The number of pyridine rings is 2. The van der Waals surface area contributed by atoms with Gasteiger partial charge >= 0.3 is 223 Å². The Morgan fingerprint density at radius 2 is 1.82 bits per heavy atom. The molecule has 9 nitrogen and oxygen atoms in total. The van der Waals surface area contributed by atoms with Crippen molar-refractivity contribution in [1.29, 1.82) is 0 Å². The normalized spacial score (nSPS) is 16.9. The number of carbonyl (C=O) groups is 2. The van der Waals surface area contributed by atoms with Gasteiger partial charge in [-0.2, -0.15) is 0 Å². The summed E-state index contributed by atoms with van der Waals surface area (Å²) in [5.74, 6) is 4.07. The molecule has 0 saturated heterocycles. The van der Waals surface area contributed by atoms with Crippen LogP contribution in [-0.4, -0.2) is 46.7 Å². The van der Waals surface area contributed by atoms with E-state index < -0.39 is 31.0 Å². The number of aromatic nitrogens is 2. The van der Waals surface area contributed by atoms with Crippen molar-refractivity contribution in [2.75, 3.05) is 6.61 Å². The number of hydrogen-bond donors (Lipinski definition) is 1. The standard InChI is InChI=1S/C35H38GeN2O7/c1-4-35(45-34(42)44-21-23-11-6-5-7-12-23)28-19-30-31-26(20-38(30)32(40)27(28)22-43-33(35)41)24(15-17-36(2,3)16-10-18-39)25-13-8-9-14-29(25)37-31/h5-9,11-14,19,39H,4,10,15-18,20-22H2,1-3H3/t35-/m0/s1. The fourth-order valence-electron chi connectivity index (χ4n) is 6.59. The molecule has 2 aliphatic rings. The summed E-state index contributed by atoms with van der Waals surface area (Å²) in [6.07, 6.45) is 0.729. The Morgan fingerprint density at radius 3 is 2.58 bits per heavy atom. The van der Waals surface area contributed by atoms with E-state index in [0.29, 0.717) is 23.5 Å². The van der Waals surface area contributed by atoms with Crippen molar-refractivity contribution in [3.8, 4) is 11.4 Å². The summed E-state index contributed by atoms with van der Waals surface area (Å²) in [6.45, 7) is 2.06. The van der Waals surface area contributed by atoms with Gasteiger partial charge in [-0.25, -0.2) is 0 Å². The van der Waals surface area contributed by atoms with Gasteiger partial charge in [-0.1, -0.05) is 30.3 Å². The number of rotatable bonds is 10. The summed E-state index contributed by atoms with van der Waals surface area (Å²) < 4.78 is 18.3. The summed E-state index contributed by atoms with van der Waals surface area (Å²) in [5, 5.41) is 12.7. The number of aliphatic hydroxyl groups is 1. The molecule has 0 bridgehead atoms. The molecular formula is C35H38GeN2O7. The van der Waals surface area contributed by atoms with Crippen LogP contribution in [0.1, 0.15) is 47.6 Å². The van der Waals surface area contributed by atoms with Crippen LogP contribution in [0.2, 0.25) is 22.0 Å². The molecule has 2 aliphatic heterocycles. The fraction of sp³-hybridized carbons (Fsp3) is 0.371. The molecular weight excluding hydrogens is 633 g/mol. The first kappa shape index (κ1) is 31.0. The number of aliphatic hydroxyl groups excluding tert-OH is 1. The minimum atomic E-state index is -2.14. The Kier molecular flexibility index (Phi) is 8.58. The molecule has 6 rings (SSSR count). The Balaban J connectivity index is 1.41. The molecule has 4 heterocycles. The third-order valence-corrected chi connectivity index (χ3v) is 16.1. The predicted molar refractivity (Wildman–Crippen MR) is 173 cm³/mol. The van der Waals surface area contributed by atoms with E-state index in [1.165, 1.54) is 5.56 Å². The summed E-state index contributed by atoms with van der Waals surface area (Å²) >= 11 is -2.14. The van der Waals surface area contributed by atoms with E-state index in [1.54, 1.807) is 17.6 Å². The molecule has 10 heteroatoms. The SMILES string of the molecule is CC[C@@]1(OC(=O)OCc2ccccc2)C(=O)OCc2c1cc1n(c2=O)Cc2c-1nc1ccccc1c2C[CH2][Ge]([CH3])([CH3])[CH2]CCO. The van der Waals surface area contributed by atoms with E-state index in [0.717, 1.165) is 45.4 Å². The van der Waals surface area contributed by atoms with Gasteiger partial charge in [0, 0.05) is 0 Å². The van der Waals surface area contributed by atoms with Crippen LogP contribution in [-0.2, 0) is 50.8 Å². The number of ether oxygens (including phenoxy) is 3. The van der Waals surface area contributed by atoms with Crippen LogP contribution in [0.15, 0.2) is 65.5 Å². The number of carbonyl (C=O) groups excluding carboxylic acids is 2. The van der Waals surface area contributed by atoms with E-state index in [9.17, 15) is 19.5 Å². The number of benzene rings is 2. The van der Waals surface area contributed by atoms with Crippen LogP contribution in [0.3, 0.4) is 0 Å². The van der Waals surface area contributed by atoms with E-state index in [4.69, 9.17) is 19.2 Å². The topological polar surface area (TPSA) is 117 Å². The van der Waals surface area contributed by atoms with Gasteiger partial charge in [0.05, 0.1) is 0 Å². The zero-order valence-electron chi connectivity index (χ0n) is 25.9. The van der Waals surface area contributed by atoms with Crippen molar-refractivity contribution in [3.63, 3.8) is 0 Å². The maximum atomic E-state index is 14.1. The van der Waals surface area contributed by atoms with Gasteiger partial charge in [0.25, 0.3) is 0 Å². The van der Waals surface area contributed by atoms with Gasteiger partial charge in [-0.15, -0.1) is 0 Å². The molecule has 0 fully saturated rings. The van der Waals surface area contributed by atoms with Crippen molar-refractivity contribution in [2.24, 2.45) is 0 Å². The van der Waals surface area contributed by atoms with E-state index in [-0.39, 0.29) is 37.4 Å². The predicted octanol–water partition coefficient (Wildman–Crippen LogP) is 6.07. The van der Waals surface area contributed by atoms with Crippen molar-refractivity contribution < 1.29 is 28.9 Å². The summed E-state index contributed by atoms with van der Waals surface area (Å²) in [4.78, 5) is 45.5. The zero-order valence-corrected chi connectivity index (χ0v) is 28.0. The van der Waals surface area contributed by atoms with Crippen molar-refractivity contribution in [2.45, 2.75) is 73.6 Å². The number of para-hydroxylation sites is 1.